The molecular formula is C58H106NO8P. The number of quaternary nitrogens is 1. The van der Waals surface area contributed by atoms with Gasteiger partial charge in [-0.25, -0.2) is 0 Å². The Hall–Kier alpha value is -2.29. The molecule has 2 atom stereocenters. The molecule has 0 aliphatic carbocycles. The third-order valence-electron chi connectivity index (χ3n) is 12.1. The van der Waals surface area contributed by atoms with Crippen LogP contribution in [0.4, 0.5) is 0 Å². The van der Waals surface area contributed by atoms with Gasteiger partial charge < -0.3 is 27.9 Å². The maximum Gasteiger partial charge on any atom is 0.310 e. The molecule has 0 spiro atoms. The lowest BCUT2D eigenvalue weighted by molar-refractivity contribution is -0.870. The third kappa shape index (κ3) is 53.1. The topological polar surface area (TPSA) is 111 Å². The number of nitrogens with zero attached hydrogens (tertiary/aromatic N) is 1. The summed E-state index contributed by atoms with van der Waals surface area (Å²) in [5.41, 5.74) is 0. The first-order valence-corrected chi connectivity index (χ1v) is 29.5. The Labute approximate surface area is 419 Å². The fourth-order valence-electron chi connectivity index (χ4n) is 7.79. The highest BCUT2D eigenvalue weighted by Gasteiger charge is 2.21. The molecule has 0 radical (unpaired) electrons. The van der Waals surface area contributed by atoms with Gasteiger partial charge in [0.05, 0.1) is 34.2 Å². The number of allylic oxidation sites excluding steroid dienone is 9. The number of carbonyl (C=O) groups excluding carboxylic acids is 2. The van der Waals surface area contributed by atoms with Crippen molar-refractivity contribution in [2.24, 2.45) is 0 Å². The van der Waals surface area contributed by atoms with Crippen molar-refractivity contribution in [2.75, 3.05) is 47.5 Å². The van der Waals surface area contributed by atoms with Gasteiger partial charge in [0.2, 0.25) is 0 Å². The van der Waals surface area contributed by atoms with Crippen molar-refractivity contribution in [2.45, 2.75) is 251 Å². The van der Waals surface area contributed by atoms with Gasteiger partial charge in [0.25, 0.3) is 7.82 Å². The zero-order chi connectivity index (χ0) is 49.9. The number of ether oxygens (including phenoxy) is 2. The van der Waals surface area contributed by atoms with Gasteiger partial charge >= 0.3 is 11.9 Å². The first kappa shape index (κ1) is 65.7. The third-order valence-corrected chi connectivity index (χ3v) is 13.0. The first-order valence-electron chi connectivity index (χ1n) is 28.0. The van der Waals surface area contributed by atoms with Crippen LogP contribution in [0, 0.1) is 0 Å². The number of likely N-dealkylation sites (N-methyl/N-ethyl adjacent to an activating group) is 1. The van der Waals surface area contributed by atoms with Crippen LogP contribution in [0.1, 0.15) is 245 Å². The first-order chi connectivity index (χ1) is 33.0. The zero-order valence-corrected chi connectivity index (χ0v) is 45.7. The number of unbranched alkanes of at least 4 members (excludes halogenated alkanes) is 28. The molecule has 0 N–H and O–H groups in total. The average Bonchev–Trinajstić information content (AvgIpc) is 3.30. The van der Waals surface area contributed by atoms with E-state index in [1.165, 1.54) is 167 Å². The molecule has 0 aromatic rings. The van der Waals surface area contributed by atoms with Crippen LogP contribution in [0.25, 0.3) is 0 Å². The Balaban J connectivity index is 4.11. The number of esters is 2. The van der Waals surface area contributed by atoms with Crippen LogP contribution in [0.3, 0.4) is 0 Å². The molecule has 68 heavy (non-hydrogen) atoms. The fourth-order valence-corrected chi connectivity index (χ4v) is 8.52. The molecule has 0 heterocycles. The second kappa shape index (κ2) is 49.7. The summed E-state index contributed by atoms with van der Waals surface area (Å²) in [4.78, 5) is 37.7. The quantitative estimate of drug-likeness (QED) is 0.0195. The van der Waals surface area contributed by atoms with Gasteiger partial charge in [-0.15, -0.1) is 0 Å². The summed E-state index contributed by atoms with van der Waals surface area (Å²) >= 11 is 0. The standard InChI is InChI=1S/C58H106NO8P/c1-6-8-10-12-14-16-18-20-22-23-24-25-26-27-28-29-30-31-32-33-34-35-37-38-40-42-44-46-48-50-57(60)64-54-56(55-66-68(62,63)65-53-52-59(3,4)5)67-58(61)51-49-47-45-43-41-39-36-21-19-17-15-13-11-9-7-2/h9,11,15,17,21,36,41,43,47,49,56H,6-8,10,12-14,16,18-20,22-35,37-40,42,44-46,48,50-55H2,1-5H3/b11-9-,17-15-,36-21-,43-41-,49-47-. The number of carbonyl (C=O) groups is 2. The predicted octanol–water partition coefficient (Wildman–Crippen LogP) is 16.5. The highest BCUT2D eigenvalue weighted by molar-refractivity contribution is 7.45. The van der Waals surface area contributed by atoms with Crippen molar-refractivity contribution in [1.29, 1.82) is 0 Å². The average molecular weight is 976 g/mol. The van der Waals surface area contributed by atoms with Gasteiger partial charge in [-0.3, -0.25) is 14.2 Å². The lowest BCUT2D eigenvalue weighted by atomic mass is 10.0. The van der Waals surface area contributed by atoms with Crippen molar-refractivity contribution < 1.29 is 42.1 Å². The molecule has 9 nitrogen and oxygen atoms in total. The van der Waals surface area contributed by atoms with Gasteiger partial charge in [-0.2, -0.15) is 0 Å². The minimum Gasteiger partial charge on any atom is -0.756 e. The van der Waals surface area contributed by atoms with Crippen LogP contribution in [-0.4, -0.2) is 70.0 Å². The van der Waals surface area contributed by atoms with Crippen LogP contribution in [0.5, 0.6) is 0 Å². The maximum absolute atomic E-state index is 12.7. The fraction of sp³-hybridized carbons (Fsp3) is 0.793. The van der Waals surface area contributed by atoms with E-state index in [-0.39, 0.29) is 26.1 Å². The van der Waals surface area contributed by atoms with Gasteiger partial charge in [0.1, 0.15) is 19.8 Å². The van der Waals surface area contributed by atoms with Crippen molar-refractivity contribution in [3.63, 3.8) is 0 Å². The molecular weight excluding hydrogens is 870 g/mol. The molecule has 0 fully saturated rings. The van der Waals surface area contributed by atoms with Crippen molar-refractivity contribution in [3.8, 4) is 0 Å². The molecule has 0 saturated carbocycles. The molecule has 0 amide bonds. The molecule has 0 bridgehead atoms. The Kier molecular flexibility index (Phi) is 48.0. The van der Waals surface area contributed by atoms with E-state index in [2.05, 4.69) is 56.4 Å². The number of phosphoric acid groups is 1. The zero-order valence-electron chi connectivity index (χ0n) is 44.8. The Bertz CT molecular complexity index is 1340. The van der Waals surface area contributed by atoms with Gasteiger partial charge in [-0.05, 0) is 38.5 Å². The van der Waals surface area contributed by atoms with E-state index in [1.54, 1.807) is 6.08 Å². The minimum atomic E-state index is -4.66. The lowest BCUT2D eigenvalue weighted by Crippen LogP contribution is -2.37. The minimum absolute atomic E-state index is 0.00729. The van der Waals surface area contributed by atoms with Crippen LogP contribution in [0.2, 0.25) is 0 Å². The molecule has 0 rings (SSSR count). The van der Waals surface area contributed by atoms with E-state index in [0.29, 0.717) is 17.4 Å². The van der Waals surface area contributed by atoms with E-state index in [1.807, 2.05) is 33.3 Å². The largest absolute Gasteiger partial charge is 0.756 e. The van der Waals surface area contributed by atoms with Crippen molar-refractivity contribution in [1.82, 2.24) is 0 Å². The van der Waals surface area contributed by atoms with Crippen LogP contribution < -0.4 is 4.89 Å². The molecule has 10 heteroatoms. The summed E-state index contributed by atoms with van der Waals surface area (Å²) in [6.45, 7) is 4.03. The van der Waals surface area contributed by atoms with Gasteiger partial charge in [-0.1, -0.05) is 254 Å². The maximum atomic E-state index is 12.7. The van der Waals surface area contributed by atoms with Gasteiger partial charge in [0, 0.05) is 6.42 Å². The highest BCUT2D eigenvalue weighted by atomic mass is 31.2. The van der Waals surface area contributed by atoms with E-state index >= 15 is 0 Å². The number of hydrogen-bond donors (Lipinski definition) is 0. The van der Waals surface area contributed by atoms with Crippen LogP contribution in [0.15, 0.2) is 60.8 Å². The predicted molar refractivity (Wildman–Crippen MR) is 287 cm³/mol. The Morgan fingerprint density at radius 3 is 1.19 bits per heavy atom. The molecule has 0 saturated heterocycles. The molecule has 0 aliphatic heterocycles. The van der Waals surface area contributed by atoms with Gasteiger partial charge in [0.15, 0.2) is 6.10 Å². The number of rotatable bonds is 51. The summed E-state index contributed by atoms with van der Waals surface area (Å²) in [5.74, 6) is -0.975. The summed E-state index contributed by atoms with van der Waals surface area (Å²) in [5, 5.41) is 0. The molecule has 2 unspecified atom stereocenters. The van der Waals surface area contributed by atoms with Crippen LogP contribution >= 0.6 is 7.82 Å². The van der Waals surface area contributed by atoms with E-state index in [0.717, 1.165) is 44.9 Å². The Morgan fingerprint density at radius 1 is 0.471 bits per heavy atom. The highest BCUT2D eigenvalue weighted by Crippen LogP contribution is 2.38. The molecule has 396 valence electrons. The van der Waals surface area contributed by atoms with E-state index < -0.39 is 32.5 Å². The van der Waals surface area contributed by atoms with E-state index in [9.17, 15) is 19.0 Å². The SMILES string of the molecule is CC/C=C\C/C=C\C/C=C\C/C=C\C/C=C\CC(=O)OC(COC(=O)CCCCCCCCCCCCCCCCCCCCCCCCCCCCCCC)COP(=O)([O-])OCC[N+](C)(C)C. The van der Waals surface area contributed by atoms with E-state index in [4.69, 9.17) is 18.5 Å². The molecule has 0 aromatic carbocycles. The molecule has 0 aliphatic rings. The summed E-state index contributed by atoms with van der Waals surface area (Å²) in [6.07, 6.45) is 63.2. The lowest BCUT2D eigenvalue weighted by Gasteiger charge is -2.28. The summed E-state index contributed by atoms with van der Waals surface area (Å²) in [6, 6.07) is 0. The number of phosphoric ester groups is 1. The summed E-state index contributed by atoms with van der Waals surface area (Å²) in [7, 11) is 1.11. The monoisotopic (exact) mass is 976 g/mol. The van der Waals surface area contributed by atoms with Crippen molar-refractivity contribution in [3.05, 3.63) is 60.8 Å². The summed E-state index contributed by atoms with van der Waals surface area (Å²) < 4.78 is 33.9. The number of hydrogen-bond acceptors (Lipinski definition) is 8. The normalized spacial score (nSPS) is 13.8. The second-order valence-corrected chi connectivity index (χ2v) is 21.4. The second-order valence-electron chi connectivity index (χ2n) is 19.9. The van der Waals surface area contributed by atoms with Crippen LogP contribution in [-0.2, 0) is 32.7 Å². The smallest absolute Gasteiger partial charge is 0.310 e. The Morgan fingerprint density at radius 2 is 0.824 bits per heavy atom. The molecule has 0 aromatic heterocycles. The van der Waals surface area contributed by atoms with Crippen molar-refractivity contribution >= 4 is 19.8 Å².